The topological polar surface area (TPSA) is 48.3 Å². The van der Waals surface area contributed by atoms with Crippen molar-refractivity contribution in [1.82, 2.24) is 10.2 Å². The van der Waals surface area contributed by atoms with E-state index in [0.29, 0.717) is 5.56 Å². The van der Waals surface area contributed by atoms with Crippen molar-refractivity contribution in [2.75, 3.05) is 26.3 Å². The van der Waals surface area contributed by atoms with E-state index < -0.39 is 0 Å². The summed E-state index contributed by atoms with van der Waals surface area (Å²) in [5.74, 6) is 0. The standard InChI is InChI=1S/C20H23N3O/c21-13-17-3-1-4-18(11-17)14-22-15-19-5-2-6-20(12-19)16-23-7-9-24-10-8-23/h1-6,11-12,22H,7-10,14-16H2. The lowest BCUT2D eigenvalue weighted by atomic mass is 10.1. The van der Waals surface area contributed by atoms with Crippen molar-refractivity contribution in [2.24, 2.45) is 0 Å². The Morgan fingerprint density at radius 3 is 2.38 bits per heavy atom. The van der Waals surface area contributed by atoms with Gasteiger partial charge in [-0.15, -0.1) is 0 Å². The molecule has 0 unspecified atom stereocenters. The molecule has 1 aliphatic heterocycles. The lowest BCUT2D eigenvalue weighted by Gasteiger charge is -2.26. The van der Waals surface area contributed by atoms with Crippen molar-refractivity contribution in [3.63, 3.8) is 0 Å². The van der Waals surface area contributed by atoms with Crippen LogP contribution in [0.2, 0.25) is 0 Å². The highest BCUT2D eigenvalue weighted by atomic mass is 16.5. The highest BCUT2D eigenvalue weighted by Gasteiger charge is 2.10. The minimum Gasteiger partial charge on any atom is -0.379 e. The number of morpholine rings is 1. The molecule has 0 radical (unpaired) electrons. The van der Waals surface area contributed by atoms with Gasteiger partial charge in [-0.1, -0.05) is 36.4 Å². The molecule has 0 saturated carbocycles. The SMILES string of the molecule is N#Cc1cccc(CNCc2cccc(CN3CCOCC3)c2)c1. The zero-order valence-corrected chi connectivity index (χ0v) is 13.9. The van der Waals surface area contributed by atoms with Crippen LogP contribution in [0.1, 0.15) is 22.3 Å². The number of hydrogen-bond acceptors (Lipinski definition) is 4. The maximum atomic E-state index is 8.95. The summed E-state index contributed by atoms with van der Waals surface area (Å²) >= 11 is 0. The van der Waals surface area contributed by atoms with Crippen LogP contribution in [-0.4, -0.2) is 31.2 Å². The fourth-order valence-corrected chi connectivity index (χ4v) is 2.96. The van der Waals surface area contributed by atoms with Crippen LogP contribution in [0, 0.1) is 11.3 Å². The Morgan fingerprint density at radius 2 is 1.62 bits per heavy atom. The molecule has 3 rings (SSSR count). The molecule has 2 aromatic carbocycles. The van der Waals surface area contributed by atoms with Crippen molar-refractivity contribution in [3.8, 4) is 6.07 Å². The Bertz CT molecular complexity index is 702. The molecule has 124 valence electrons. The Hall–Kier alpha value is -2.19. The average Bonchev–Trinajstić information content (AvgIpc) is 2.63. The van der Waals surface area contributed by atoms with Crippen molar-refractivity contribution in [3.05, 3.63) is 70.8 Å². The van der Waals surface area contributed by atoms with Crippen LogP contribution in [0.3, 0.4) is 0 Å². The Balaban J connectivity index is 1.51. The van der Waals surface area contributed by atoms with Gasteiger partial charge in [0.05, 0.1) is 24.8 Å². The summed E-state index contributed by atoms with van der Waals surface area (Å²) in [6.07, 6.45) is 0. The summed E-state index contributed by atoms with van der Waals surface area (Å²) in [6, 6.07) is 18.7. The van der Waals surface area contributed by atoms with Crippen LogP contribution < -0.4 is 5.32 Å². The predicted molar refractivity (Wildman–Crippen MR) is 94.2 cm³/mol. The first-order chi connectivity index (χ1) is 11.8. The van der Waals surface area contributed by atoms with Crippen LogP contribution in [0.15, 0.2) is 48.5 Å². The molecule has 4 heteroatoms. The second-order valence-corrected chi connectivity index (χ2v) is 6.12. The zero-order chi connectivity index (χ0) is 16.6. The lowest BCUT2D eigenvalue weighted by Crippen LogP contribution is -2.35. The summed E-state index contributed by atoms with van der Waals surface area (Å²) < 4.78 is 5.40. The molecule has 0 bridgehead atoms. The third-order valence-electron chi connectivity index (χ3n) is 4.22. The summed E-state index contributed by atoms with van der Waals surface area (Å²) in [4.78, 5) is 2.43. The first kappa shape index (κ1) is 16.7. The Kier molecular flexibility index (Phi) is 5.97. The fourth-order valence-electron chi connectivity index (χ4n) is 2.96. The third-order valence-corrected chi connectivity index (χ3v) is 4.22. The normalized spacial score (nSPS) is 15.1. The van der Waals surface area contributed by atoms with Crippen LogP contribution in [0.4, 0.5) is 0 Å². The first-order valence-corrected chi connectivity index (χ1v) is 8.41. The van der Waals surface area contributed by atoms with Crippen molar-refractivity contribution < 1.29 is 4.74 Å². The molecule has 0 aromatic heterocycles. The summed E-state index contributed by atoms with van der Waals surface area (Å²) in [5, 5.41) is 12.4. The smallest absolute Gasteiger partial charge is 0.0991 e. The lowest BCUT2D eigenvalue weighted by molar-refractivity contribution is 0.0342. The number of nitrogens with zero attached hydrogens (tertiary/aromatic N) is 2. The van der Waals surface area contributed by atoms with Crippen LogP contribution in [0.5, 0.6) is 0 Å². The minimum atomic E-state index is 0.710. The van der Waals surface area contributed by atoms with Gasteiger partial charge in [0.2, 0.25) is 0 Å². The molecule has 1 saturated heterocycles. The molecule has 0 spiro atoms. The Morgan fingerprint density at radius 1 is 0.958 bits per heavy atom. The molecular weight excluding hydrogens is 298 g/mol. The van der Waals surface area contributed by atoms with E-state index in [2.05, 4.69) is 40.6 Å². The van der Waals surface area contributed by atoms with Gasteiger partial charge >= 0.3 is 0 Å². The predicted octanol–water partition coefficient (Wildman–Crippen LogP) is 2.68. The monoisotopic (exact) mass is 321 g/mol. The van der Waals surface area contributed by atoms with Gasteiger partial charge in [-0.3, -0.25) is 4.90 Å². The van der Waals surface area contributed by atoms with Crippen molar-refractivity contribution in [2.45, 2.75) is 19.6 Å². The summed E-state index contributed by atoms with van der Waals surface area (Å²) in [5.41, 5.74) is 4.49. The van der Waals surface area contributed by atoms with Gasteiger partial charge < -0.3 is 10.1 Å². The molecule has 0 atom stereocenters. The highest BCUT2D eigenvalue weighted by molar-refractivity contribution is 5.32. The highest BCUT2D eigenvalue weighted by Crippen LogP contribution is 2.10. The number of hydrogen-bond donors (Lipinski definition) is 1. The number of rotatable bonds is 6. The first-order valence-electron chi connectivity index (χ1n) is 8.41. The molecule has 0 amide bonds. The van der Waals surface area contributed by atoms with E-state index in [-0.39, 0.29) is 0 Å². The van der Waals surface area contributed by atoms with Gasteiger partial charge in [-0.05, 0) is 28.8 Å². The van der Waals surface area contributed by atoms with Crippen LogP contribution in [0.25, 0.3) is 0 Å². The summed E-state index contributed by atoms with van der Waals surface area (Å²) in [6.45, 7) is 6.28. The van der Waals surface area contributed by atoms with Gasteiger partial charge in [0.15, 0.2) is 0 Å². The maximum absolute atomic E-state index is 8.95. The van der Waals surface area contributed by atoms with Crippen LogP contribution >= 0.6 is 0 Å². The number of benzene rings is 2. The van der Waals surface area contributed by atoms with Gasteiger partial charge in [0.1, 0.15) is 0 Å². The molecule has 2 aromatic rings. The zero-order valence-electron chi connectivity index (χ0n) is 13.9. The quantitative estimate of drug-likeness (QED) is 0.889. The van der Waals surface area contributed by atoms with E-state index in [1.807, 2.05) is 24.3 Å². The summed E-state index contributed by atoms with van der Waals surface area (Å²) in [7, 11) is 0. The number of nitrogens with one attached hydrogen (secondary N) is 1. The molecule has 1 fully saturated rings. The van der Waals surface area contributed by atoms with Crippen LogP contribution in [-0.2, 0) is 24.4 Å². The molecule has 1 N–H and O–H groups in total. The second kappa shape index (κ2) is 8.60. The minimum absolute atomic E-state index is 0.710. The maximum Gasteiger partial charge on any atom is 0.0991 e. The van der Waals surface area contributed by atoms with Gasteiger partial charge in [-0.2, -0.15) is 5.26 Å². The van der Waals surface area contributed by atoms with Gasteiger partial charge in [-0.25, -0.2) is 0 Å². The van der Waals surface area contributed by atoms with E-state index in [4.69, 9.17) is 10.00 Å². The number of ether oxygens (including phenoxy) is 1. The molecular formula is C20H23N3O. The molecule has 0 aliphatic carbocycles. The largest absolute Gasteiger partial charge is 0.379 e. The van der Waals surface area contributed by atoms with Crippen molar-refractivity contribution in [1.29, 1.82) is 5.26 Å². The molecule has 24 heavy (non-hydrogen) atoms. The van der Waals surface area contributed by atoms with E-state index in [9.17, 15) is 0 Å². The molecule has 4 nitrogen and oxygen atoms in total. The van der Waals surface area contributed by atoms with Crippen molar-refractivity contribution >= 4 is 0 Å². The van der Waals surface area contributed by atoms with Gasteiger partial charge in [0.25, 0.3) is 0 Å². The molecule has 1 aliphatic rings. The van der Waals surface area contributed by atoms with E-state index >= 15 is 0 Å². The number of nitriles is 1. The Labute approximate surface area is 143 Å². The van der Waals surface area contributed by atoms with E-state index in [0.717, 1.165) is 51.5 Å². The van der Waals surface area contributed by atoms with Gasteiger partial charge in [0, 0.05) is 32.7 Å². The average molecular weight is 321 g/mol. The van der Waals surface area contributed by atoms with E-state index in [1.165, 1.54) is 11.1 Å². The second-order valence-electron chi connectivity index (χ2n) is 6.12. The molecule has 1 heterocycles. The fraction of sp³-hybridized carbons (Fsp3) is 0.350. The van der Waals surface area contributed by atoms with E-state index in [1.54, 1.807) is 0 Å². The third kappa shape index (κ3) is 4.90.